The average molecular weight is 237 g/mol. The Morgan fingerprint density at radius 1 is 1.76 bits per heavy atom. The summed E-state index contributed by atoms with van der Waals surface area (Å²) >= 11 is 0. The van der Waals surface area contributed by atoms with E-state index in [0.29, 0.717) is 11.7 Å². The topological polar surface area (TPSA) is 110 Å². The van der Waals surface area contributed by atoms with E-state index in [2.05, 4.69) is 25.8 Å². The van der Waals surface area contributed by atoms with Crippen molar-refractivity contribution < 1.29 is 4.92 Å². The zero-order valence-electron chi connectivity index (χ0n) is 9.12. The largest absolute Gasteiger partial charge is 0.434 e. The Hall–Kier alpha value is -2.45. The molecule has 0 amide bonds. The van der Waals surface area contributed by atoms with Crippen molar-refractivity contribution in [3.63, 3.8) is 0 Å². The summed E-state index contributed by atoms with van der Waals surface area (Å²) in [6.45, 7) is 1.50. The molecule has 90 valence electrons. The van der Waals surface area contributed by atoms with Crippen molar-refractivity contribution in [1.29, 1.82) is 0 Å². The van der Waals surface area contributed by atoms with Gasteiger partial charge in [-0.1, -0.05) is 4.98 Å². The van der Waals surface area contributed by atoms with Gasteiger partial charge in [0.1, 0.15) is 6.20 Å². The van der Waals surface area contributed by atoms with E-state index in [9.17, 15) is 10.1 Å². The first-order valence-corrected chi connectivity index (χ1v) is 4.92. The van der Waals surface area contributed by atoms with Gasteiger partial charge in [-0.25, -0.2) is 15.0 Å². The fraction of sp³-hybridized carbons (Fsp3) is 0.375. The molecule has 0 saturated heterocycles. The molecule has 1 aliphatic rings. The fourth-order valence-corrected chi connectivity index (χ4v) is 1.33. The molecule has 9 nitrogen and oxygen atoms in total. The summed E-state index contributed by atoms with van der Waals surface area (Å²) < 4.78 is 1.34. The van der Waals surface area contributed by atoms with Crippen molar-refractivity contribution >= 4 is 18.1 Å². The van der Waals surface area contributed by atoms with Crippen LogP contribution in [0.3, 0.4) is 0 Å². The van der Waals surface area contributed by atoms with E-state index in [1.807, 2.05) is 0 Å². The zero-order chi connectivity index (χ0) is 12.3. The van der Waals surface area contributed by atoms with E-state index < -0.39 is 4.92 Å². The molecule has 0 fully saturated rings. The first-order valence-electron chi connectivity index (χ1n) is 4.92. The van der Waals surface area contributed by atoms with Gasteiger partial charge in [0.25, 0.3) is 0 Å². The third-order valence-electron chi connectivity index (χ3n) is 2.20. The van der Waals surface area contributed by atoms with Gasteiger partial charge in [-0.2, -0.15) is 5.10 Å². The van der Waals surface area contributed by atoms with Crippen LogP contribution in [0.1, 0.15) is 5.69 Å². The second-order valence-corrected chi connectivity index (χ2v) is 3.33. The van der Waals surface area contributed by atoms with Crippen molar-refractivity contribution in [2.45, 2.75) is 0 Å². The molecule has 0 spiro atoms. The first kappa shape index (κ1) is 11.0. The predicted molar refractivity (Wildman–Crippen MR) is 60.9 cm³/mol. The number of aromatic nitrogens is 2. The molecular formula is C8H11N7O2. The van der Waals surface area contributed by atoms with E-state index in [4.69, 9.17) is 0 Å². The van der Waals surface area contributed by atoms with Gasteiger partial charge in [-0.05, 0) is 4.92 Å². The van der Waals surface area contributed by atoms with Gasteiger partial charge >= 0.3 is 5.95 Å². The summed E-state index contributed by atoms with van der Waals surface area (Å²) in [6.07, 6.45) is 2.83. The highest BCUT2D eigenvalue weighted by molar-refractivity contribution is 5.83. The lowest BCUT2D eigenvalue weighted by molar-refractivity contribution is -0.396. The third-order valence-corrected chi connectivity index (χ3v) is 2.20. The van der Waals surface area contributed by atoms with Crippen LogP contribution < -0.4 is 10.7 Å². The Balaban J connectivity index is 2.03. The van der Waals surface area contributed by atoms with Crippen LogP contribution in [0.5, 0.6) is 0 Å². The highest BCUT2D eigenvalue weighted by atomic mass is 16.6. The van der Waals surface area contributed by atoms with Crippen molar-refractivity contribution in [2.75, 3.05) is 13.1 Å². The van der Waals surface area contributed by atoms with Gasteiger partial charge < -0.3 is 15.4 Å². The van der Waals surface area contributed by atoms with Gasteiger partial charge in [0.15, 0.2) is 5.69 Å². The van der Waals surface area contributed by atoms with Gasteiger partial charge in [-0.3, -0.25) is 0 Å². The summed E-state index contributed by atoms with van der Waals surface area (Å²) in [5, 5.41) is 17.4. The lowest BCUT2D eigenvalue weighted by atomic mass is 10.5. The quantitative estimate of drug-likeness (QED) is 0.406. The number of nitrogens with zero attached hydrogens (tertiary/aromatic N) is 5. The van der Waals surface area contributed by atoms with Crippen LogP contribution in [-0.2, 0) is 7.05 Å². The van der Waals surface area contributed by atoms with Crippen molar-refractivity contribution in [2.24, 2.45) is 17.1 Å². The van der Waals surface area contributed by atoms with E-state index in [1.165, 1.54) is 17.0 Å². The summed E-state index contributed by atoms with van der Waals surface area (Å²) in [7, 11) is 1.55. The van der Waals surface area contributed by atoms with Gasteiger partial charge in [0, 0.05) is 6.54 Å². The standard InChI is InChI=1S/C8H11N7O2/c1-14-6(4-11-8(14)15(16)17)5-12-13-7-9-2-3-10-7/h4-5H,2-3H2,1H3,(H2,9,10,13)/b12-5+. The third kappa shape index (κ3) is 2.38. The van der Waals surface area contributed by atoms with Crippen LogP contribution in [-0.4, -0.2) is 39.7 Å². The molecule has 1 aromatic rings. The lowest BCUT2D eigenvalue weighted by Gasteiger charge is -1.98. The molecule has 0 unspecified atom stereocenters. The highest BCUT2D eigenvalue weighted by Crippen LogP contribution is 2.08. The number of aliphatic imine (C=N–C) groups is 1. The van der Waals surface area contributed by atoms with Crippen LogP contribution >= 0.6 is 0 Å². The number of hydrogen-bond donors (Lipinski definition) is 2. The number of rotatable bonds is 3. The Labute approximate surface area is 96.4 Å². The first-order chi connectivity index (χ1) is 8.18. The van der Waals surface area contributed by atoms with Crippen molar-refractivity contribution in [1.82, 2.24) is 20.3 Å². The monoisotopic (exact) mass is 237 g/mol. The minimum atomic E-state index is -0.548. The second-order valence-electron chi connectivity index (χ2n) is 3.33. The minimum Gasteiger partial charge on any atom is -0.390 e. The molecule has 0 aliphatic carbocycles. The zero-order valence-corrected chi connectivity index (χ0v) is 9.12. The average Bonchev–Trinajstić information content (AvgIpc) is 2.89. The minimum absolute atomic E-state index is 0.220. The molecule has 2 heterocycles. The number of nitrogens with one attached hydrogen (secondary N) is 2. The molecule has 9 heteroatoms. The number of nitro groups is 1. The molecule has 2 rings (SSSR count). The predicted octanol–water partition coefficient (Wildman–Crippen LogP) is -0.789. The molecule has 2 N–H and O–H groups in total. The van der Waals surface area contributed by atoms with Crippen LogP contribution in [0, 0.1) is 10.1 Å². The van der Waals surface area contributed by atoms with Crippen molar-refractivity contribution in [3.8, 4) is 0 Å². The van der Waals surface area contributed by atoms with E-state index >= 15 is 0 Å². The normalized spacial score (nSPS) is 14.8. The highest BCUT2D eigenvalue weighted by Gasteiger charge is 2.15. The summed E-state index contributed by atoms with van der Waals surface area (Å²) in [5.74, 6) is 0.376. The fourth-order valence-electron chi connectivity index (χ4n) is 1.33. The maximum Gasteiger partial charge on any atom is 0.434 e. The Bertz CT molecular complexity index is 490. The molecular weight excluding hydrogens is 226 g/mol. The molecule has 0 radical (unpaired) electrons. The van der Waals surface area contributed by atoms with Crippen molar-refractivity contribution in [3.05, 3.63) is 22.0 Å². The second kappa shape index (κ2) is 4.60. The van der Waals surface area contributed by atoms with Gasteiger partial charge in [0.05, 0.1) is 19.8 Å². The number of guanidine groups is 1. The Morgan fingerprint density at radius 3 is 3.18 bits per heavy atom. The van der Waals surface area contributed by atoms with Gasteiger partial charge in [0.2, 0.25) is 5.96 Å². The Kier molecular flexibility index (Phi) is 2.99. The summed E-state index contributed by atoms with van der Waals surface area (Å²) in [4.78, 5) is 17.7. The molecule has 0 atom stereocenters. The number of imidazole rings is 1. The maximum absolute atomic E-state index is 10.6. The summed E-state index contributed by atoms with van der Waals surface area (Å²) in [6, 6.07) is 0. The Morgan fingerprint density at radius 2 is 2.59 bits per heavy atom. The molecule has 1 aromatic heterocycles. The number of hydrogen-bond acceptors (Lipinski definition) is 7. The van der Waals surface area contributed by atoms with E-state index in [1.54, 1.807) is 7.05 Å². The molecule has 0 saturated carbocycles. The maximum atomic E-state index is 10.6. The lowest BCUT2D eigenvalue weighted by Crippen LogP contribution is -2.30. The van der Waals surface area contributed by atoms with E-state index in [0.717, 1.165) is 13.1 Å². The molecule has 1 aliphatic heterocycles. The summed E-state index contributed by atoms with van der Waals surface area (Å²) in [5.41, 5.74) is 3.22. The SMILES string of the molecule is Cn1c(/C=N/NC2=NCCN2)cnc1[N+](=O)[O-]. The molecule has 17 heavy (non-hydrogen) atoms. The molecule has 0 aromatic carbocycles. The van der Waals surface area contributed by atoms with Crippen LogP contribution in [0.25, 0.3) is 0 Å². The molecule has 0 bridgehead atoms. The number of hydrazone groups is 1. The van der Waals surface area contributed by atoms with Crippen LogP contribution in [0.4, 0.5) is 5.95 Å². The van der Waals surface area contributed by atoms with E-state index in [-0.39, 0.29) is 5.95 Å². The van der Waals surface area contributed by atoms with Crippen LogP contribution in [0.2, 0.25) is 0 Å². The van der Waals surface area contributed by atoms with Gasteiger partial charge in [-0.15, -0.1) is 0 Å². The smallest absolute Gasteiger partial charge is 0.390 e. The van der Waals surface area contributed by atoms with Crippen LogP contribution in [0.15, 0.2) is 16.3 Å².